The van der Waals surface area contributed by atoms with Crippen molar-refractivity contribution >= 4 is 21.6 Å². The van der Waals surface area contributed by atoms with Gasteiger partial charge in [-0.15, -0.1) is 0 Å². The molecule has 1 aromatic carbocycles. The molecule has 2 N–H and O–H groups in total. The molecule has 0 spiro atoms. The predicted molar refractivity (Wildman–Crippen MR) is 87.6 cm³/mol. The van der Waals surface area contributed by atoms with E-state index in [2.05, 4.69) is 10.0 Å². The molecule has 1 aromatic rings. The van der Waals surface area contributed by atoms with Gasteiger partial charge in [-0.3, -0.25) is 4.79 Å². The van der Waals surface area contributed by atoms with E-state index in [4.69, 9.17) is 0 Å². The molecule has 5 nitrogen and oxygen atoms in total. The highest BCUT2D eigenvalue weighted by atomic mass is 32.2. The third-order valence-corrected chi connectivity index (χ3v) is 5.92. The maximum Gasteiger partial charge on any atom is 0.391 e. The van der Waals surface area contributed by atoms with Gasteiger partial charge in [0.25, 0.3) is 0 Å². The maximum absolute atomic E-state index is 12.9. The lowest BCUT2D eigenvalue weighted by Gasteiger charge is -2.31. The number of rotatable bonds is 4. The molecule has 1 aliphatic carbocycles. The van der Waals surface area contributed by atoms with Gasteiger partial charge in [-0.2, -0.15) is 13.2 Å². The Morgan fingerprint density at radius 3 is 2.52 bits per heavy atom. The van der Waals surface area contributed by atoms with Crippen molar-refractivity contribution in [3.63, 3.8) is 0 Å². The second kappa shape index (κ2) is 7.33. The summed E-state index contributed by atoms with van der Waals surface area (Å²) in [6.45, 7) is 2.89. The van der Waals surface area contributed by atoms with E-state index in [0.717, 1.165) is 0 Å². The van der Waals surface area contributed by atoms with E-state index < -0.39 is 28.2 Å². The average molecular weight is 378 g/mol. The first-order chi connectivity index (χ1) is 11.5. The summed E-state index contributed by atoms with van der Waals surface area (Å²) in [6.07, 6.45) is -3.85. The smallest absolute Gasteiger partial charge is 0.326 e. The van der Waals surface area contributed by atoms with Gasteiger partial charge in [0.2, 0.25) is 15.9 Å². The van der Waals surface area contributed by atoms with Gasteiger partial charge in [-0.1, -0.05) is 12.5 Å². The Balaban J connectivity index is 2.20. The Kier molecular flexibility index (Phi) is 5.78. The zero-order valence-electron chi connectivity index (χ0n) is 14.0. The number of anilines is 1. The van der Waals surface area contributed by atoms with Crippen LogP contribution in [-0.4, -0.2) is 26.5 Å². The molecule has 9 heteroatoms. The largest absolute Gasteiger partial charge is 0.391 e. The van der Waals surface area contributed by atoms with Crippen molar-refractivity contribution in [3.05, 3.63) is 23.8 Å². The zero-order valence-corrected chi connectivity index (χ0v) is 14.8. The van der Waals surface area contributed by atoms with Crippen molar-refractivity contribution < 1.29 is 26.4 Å². The second-order valence-corrected chi connectivity index (χ2v) is 8.07. The quantitative estimate of drug-likeness (QED) is 0.844. The van der Waals surface area contributed by atoms with Crippen LogP contribution in [0.5, 0.6) is 0 Å². The molecule has 0 radical (unpaired) electrons. The number of carbonyl (C=O) groups is 1. The molecular formula is C16H21F3N2O3S. The van der Waals surface area contributed by atoms with Crippen LogP contribution in [0.2, 0.25) is 0 Å². The molecule has 1 aliphatic rings. The van der Waals surface area contributed by atoms with Crippen molar-refractivity contribution in [2.75, 3.05) is 5.32 Å². The van der Waals surface area contributed by atoms with Crippen LogP contribution in [0.4, 0.5) is 18.9 Å². The molecule has 1 saturated carbocycles. The summed E-state index contributed by atoms with van der Waals surface area (Å²) in [5, 5.41) is 2.50. The van der Waals surface area contributed by atoms with Crippen molar-refractivity contribution in [3.8, 4) is 0 Å². The molecule has 140 valence electrons. The highest BCUT2D eigenvalue weighted by molar-refractivity contribution is 7.89. The number of hydrogen-bond donors (Lipinski definition) is 2. The third-order valence-electron chi connectivity index (χ3n) is 4.26. The van der Waals surface area contributed by atoms with E-state index in [0.29, 0.717) is 24.1 Å². The van der Waals surface area contributed by atoms with E-state index in [1.807, 2.05) is 0 Å². The standard InChI is InChI=1S/C16H21F3N2O3S/c1-10-6-7-13(20-11(2)22)9-15(10)25(23,24)21-14-5-3-4-12(8-14)16(17,18)19/h6-7,9,12,14,21H,3-5,8H2,1-2H3,(H,20,22)/t12-,14+/m1/s1. The molecule has 0 saturated heterocycles. The predicted octanol–water partition coefficient (Wildman–Crippen LogP) is 3.35. The van der Waals surface area contributed by atoms with Crippen LogP contribution in [0.1, 0.15) is 38.2 Å². The number of halogens is 3. The summed E-state index contributed by atoms with van der Waals surface area (Å²) in [6, 6.07) is 3.66. The number of nitrogens with one attached hydrogen (secondary N) is 2. The summed E-state index contributed by atoms with van der Waals surface area (Å²) in [5.74, 6) is -1.83. The molecule has 25 heavy (non-hydrogen) atoms. The first kappa shape index (κ1) is 19.7. The van der Waals surface area contributed by atoms with Crippen LogP contribution < -0.4 is 10.0 Å². The van der Waals surface area contributed by atoms with Crippen LogP contribution in [0, 0.1) is 12.8 Å². The molecular weight excluding hydrogens is 357 g/mol. The molecule has 2 atom stereocenters. The Morgan fingerprint density at radius 2 is 1.92 bits per heavy atom. The molecule has 0 aliphatic heterocycles. The minimum absolute atomic E-state index is 0.0266. The first-order valence-corrected chi connectivity index (χ1v) is 9.44. The lowest BCUT2D eigenvalue weighted by Crippen LogP contribution is -2.41. The minimum Gasteiger partial charge on any atom is -0.326 e. The maximum atomic E-state index is 12.9. The average Bonchev–Trinajstić information content (AvgIpc) is 2.47. The fraction of sp³-hybridized carbons (Fsp3) is 0.562. The topological polar surface area (TPSA) is 75.3 Å². The number of sulfonamides is 1. The SMILES string of the molecule is CC(=O)Nc1ccc(C)c(S(=O)(=O)N[C@H]2CCC[C@@H](C(F)(F)F)C2)c1. The fourth-order valence-electron chi connectivity index (χ4n) is 3.05. The van der Waals surface area contributed by atoms with Crippen LogP contribution >= 0.6 is 0 Å². The van der Waals surface area contributed by atoms with E-state index in [1.54, 1.807) is 19.1 Å². The highest BCUT2D eigenvalue weighted by Crippen LogP contribution is 2.38. The van der Waals surface area contributed by atoms with E-state index >= 15 is 0 Å². The number of hydrogen-bond acceptors (Lipinski definition) is 3. The fourth-order valence-corrected chi connectivity index (χ4v) is 4.60. The Morgan fingerprint density at radius 1 is 1.24 bits per heavy atom. The van der Waals surface area contributed by atoms with Crippen molar-refractivity contribution in [2.45, 2.75) is 56.6 Å². The van der Waals surface area contributed by atoms with Crippen LogP contribution in [0.15, 0.2) is 23.1 Å². The van der Waals surface area contributed by atoms with Gasteiger partial charge >= 0.3 is 6.18 Å². The Bertz CT molecular complexity index is 747. The number of alkyl halides is 3. The van der Waals surface area contributed by atoms with Gasteiger partial charge in [0.1, 0.15) is 0 Å². The monoisotopic (exact) mass is 378 g/mol. The second-order valence-electron chi connectivity index (χ2n) is 6.38. The van der Waals surface area contributed by atoms with Gasteiger partial charge in [0.15, 0.2) is 0 Å². The van der Waals surface area contributed by atoms with Crippen LogP contribution in [0.25, 0.3) is 0 Å². The summed E-state index contributed by atoms with van der Waals surface area (Å²) in [7, 11) is -3.99. The van der Waals surface area contributed by atoms with Gasteiger partial charge in [-0.05, 0) is 43.9 Å². The molecule has 0 aromatic heterocycles. The van der Waals surface area contributed by atoms with E-state index in [1.165, 1.54) is 13.0 Å². The number of benzene rings is 1. The molecule has 2 rings (SSSR count). The van der Waals surface area contributed by atoms with E-state index in [9.17, 15) is 26.4 Å². The summed E-state index contributed by atoms with van der Waals surface area (Å²) in [4.78, 5) is 11.1. The van der Waals surface area contributed by atoms with Crippen molar-refractivity contribution in [1.82, 2.24) is 4.72 Å². The van der Waals surface area contributed by atoms with Gasteiger partial charge < -0.3 is 5.32 Å². The summed E-state index contributed by atoms with van der Waals surface area (Å²) >= 11 is 0. The highest BCUT2D eigenvalue weighted by Gasteiger charge is 2.42. The Hall–Kier alpha value is -1.61. The molecule has 1 amide bonds. The third kappa shape index (κ3) is 5.18. The summed E-state index contributed by atoms with van der Waals surface area (Å²) < 4.78 is 66.3. The van der Waals surface area contributed by atoms with Crippen LogP contribution in [0.3, 0.4) is 0 Å². The molecule has 0 heterocycles. The normalized spacial score (nSPS) is 21.8. The van der Waals surface area contributed by atoms with E-state index in [-0.39, 0.29) is 23.6 Å². The number of amides is 1. The number of carbonyl (C=O) groups excluding carboxylic acids is 1. The lowest BCUT2D eigenvalue weighted by atomic mass is 9.86. The van der Waals surface area contributed by atoms with Crippen LogP contribution in [-0.2, 0) is 14.8 Å². The van der Waals surface area contributed by atoms with Crippen molar-refractivity contribution in [1.29, 1.82) is 0 Å². The first-order valence-electron chi connectivity index (χ1n) is 7.96. The van der Waals surface area contributed by atoms with Gasteiger partial charge in [0, 0.05) is 18.7 Å². The molecule has 0 bridgehead atoms. The van der Waals surface area contributed by atoms with Crippen molar-refractivity contribution in [2.24, 2.45) is 5.92 Å². The summed E-state index contributed by atoms with van der Waals surface area (Å²) in [5.41, 5.74) is 0.764. The lowest BCUT2D eigenvalue weighted by molar-refractivity contribution is -0.183. The zero-order chi connectivity index (χ0) is 18.8. The van der Waals surface area contributed by atoms with Gasteiger partial charge in [-0.25, -0.2) is 13.1 Å². The van der Waals surface area contributed by atoms with Gasteiger partial charge in [0.05, 0.1) is 10.8 Å². The minimum atomic E-state index is -4.31. The Labute approximate surface area is 145 Å². The number of aryl methyl sites for hydroxylation is 1. The molecule has 1 fully saturated rings. The molecule has 0 unspecified atom stereocenters.